The van der Waals surface area contributed by atoms with Gasteiger partial charge in [0.05, 0.1) is 47.4 Å². The van der Waals surface area contributed by atoms with Crippen molar-refractivity contribution in [2.75, 3.05) is 12.4 Å². The number of carbonyl (C=O) groups excluding carboxylic acids is 1. The zero-order chi connectivity index (χ0) is 23.8. The largest absolute Gasteiger partial charge is 0.481 e. The number of fused-ring (bicyclic) bond motifs is 1. The van der Waals surface area contributed by atoms with Crippen LogP contribution >= 0.6 is 0 Å². The Balaban J connectivity index is 1.67. The Bertz CT molecular complexity index is 1350. The van der Waals surface area contributed by atoms with E-state index in [9.17, 15) is 18.0 Å². The second kappa shape index (κ2) is 8.57. The second-order valence-corrected chi connectivity index (χ2v) is 7.54. The number of anilines is 1. The smallest absolute Gasteiger partial charge is 0.416 e. The van der Waals surface area contributed by atoms with Gasteiger partial charge in [0.1, 0.15) is 0 Å². The standard InChI is InChI=1S/C24H21F3N4O2/c1-14-22(15(2)31(30-14)13-16-8-4-6-10-19(16)24(25,26)27)29-23(32)18-12-21(33-3)28-20-11-7-5-9-17(18)20/h4-12H,13H2,1-3H3,(H,29,32). The minimum Gasteiger partial charge on any atom is -0.481 e. The Morgan fingerprint density at radius 2 is 1.79 bits per heavy atom. The third-order valence-electron chi connectivity index (χ3n) is 5.41. The molecule has 9 heteroatoms. The maximum Gasteiger partial charge on any atom is 0.416 e. The molecule has 0 aliphatic heterocycles. The molecule has 4 aromatic rings. The van der Waals surface area contributed by atoms with Crippen molar-refractivity contribution in [3.8, 4) is 5.88 Å². The predicted octanol–water partition coefficient (Wildman–Crippen LogP) is 5.38. The van der Waals surface area contributed by atoms with Crippen molar-refractivity contribution in [2.24, 2.45) is 0 Å². The van der Waals surface area contributed by atoms with E-state index in [2.05, 4.69) is 15.4 Å². The van der Waals surface area contributed by atoms with Crippen molar-refractivity contribution in [3.05, 3.63) is 82.7 Å². The van der Waals surface area contributed by atoms with Gasteiger partial charge >= 0.3 is 6.18 Å². The number of rotatable bonds is 5. The zero-order valence-corrected chi connectivity index (χ0v) is 18.2. The van der Waals surface area contributed by atoms with Crippen molar-refractivity contribution in [2.45, 2.75) is 26.6 Å². The molecule has 0 bridgehead atoms. The van der Waals surface area contributed by atoms with Crippen LogP contribution in [0.15, 0.2) is 54.6 Å². The van der Waals surface area contributed by atoms with E-state index in [4.69, 9.17) is 4.74 Å². The van der Waals surface area contributed by atoms with E-state index >= 15 is 0 Å². The number of pyridine rings is 1. The highest BCUT2D eigenvalue weighted by Crippen LogP contribution is 2.33. The lowest BCUT2D eigenvalue weighted by molar-refractivity contribution is -0.138. The van der Waals surface area contributed by atoms with Crippen LogP contribution in [0.4, 0.5) is 18.9 Å². The monoisotopic (exact) mass is 454 g/mol. The number of benzene rings is 2. The molecule has 33 heavy (non-hydrogen) atoms. The molecule has 0 unspecified atom stereocenters. The quantitative estimate of drug-likeness (QED) is 0.440. The van der Waals surface area contributed by atoms with E-state index in [1.165, 1.54) is 23.9 Å². The fraction of sp³-hybridized carbons (Fsp3) is 0.208. The SMILES string of the molecule is COc1cc(C(=O)Nc2c(C)nn(Cc3ccccc3C(F)(F)F)c2C)c2ccccc2n1. The van der Waals surface area contributed by atoms with Crippen molar-refractivity contribution in [1.29, 1.82) is 0 Å². The van der Waals surface area contributed by atoms with E-state index in [0.29, 0.717) is 39.4 Å². The zero-order valence-electron chi connectivity index (χ0n) is 18.2. The summed E-state index contributed by atoms with van der Waals surface area (Å²) in [5, 5.41) is 7.88. The van der Waals surface area contributed by atoms with E-state index < -0.39 is 17.6 Å². The highest BCUT2D eigenvalue weighted by Gasteiger charge is 2.33. The molecule has 0 saturated heterocycles. The van der Waals surface area contributed by atoms with Crippen LogP contribution in [0, 0.1) is 13.8 Å². The summed E-state index contributed by atoms with van der Waals surface area (Å²) in [6, 6.07) is 14.1. The number of carbonyl (C=O) groups is 1. The lowest BCUT2D eigenvalue weighted by atomic mass is 10.1. The number of halogens is 3. The minimum atomic E-state index is -4.47. The molecule has 0 fully saturated rings. The molecular weight excluding hydrogens is 433 g/mol. The summed E-state index contributed by atoms with van der Waals surface area (Å²) in [6.07, 6.45) is -4.47. The highest BCUT2D eigenvalue weighted by atomic mass is 19.4. The summed E-state index contributed by atoms with van der Waals surface area (Å²) < 4.78 is 46.8. The average molecular weight is 454 g/mol. The average Bonchev–Trinajstić information content (AvgIpc) is 3.05. The van der Waals surface area contributed by atoms with E-state index in [-0.39, 0.29) is 12.1 Å². The van der Waals surface area contributed by atoms with Crippen molar-refractivity contribution < 1.29 is 22.7 Å². The number of nitrogens with zero attached hydrogens (tertiary/aromatic N) is 3. The Morgan fingerprint density at radius 3 is 2.52 bits per heavy atom. The second-order valence-electron chi connectivity index (χ2n) is 7.54. The third kappa shape index (κ3) is 4.39. The molecule has 2 heterocycles. The Kier molecular flexibility index (Phi) is 5.80. The van der Waals surface area contributed by atoms with Gasteiger partial charge in [-0.15, -0.1) is 0 Å². The van der Waals surface area contributed by atoms with Gasteiger partial charge in [0.2, 0.25) is 5.88 Å². The molecule has 2 aromatic carbocycles. The molecule has 170 valence electrons. The van der Waals surface area contributed by atoms with E-state index in [1.807, 2.05) is 6.07 Å². The minimum absolute atomic E-state index is 0.0791. The number of para-hydroxylation sites is 1. The predicted molar refractivity (Wildman–Crippen MR) is 118 cm³/mol. The molecular formula is C24H21F3N4O2. The lowest BCUT2D eigenvalue weighted by Crippen LogP contribution is -2.15. The molecule has 4 rings (SSSR count). The summed E-state index contributed by atoms with van der Waals surface area (Å²) >= 11 is 0. The van der Waals surface area contributed by atoms with Crippen LogP contribution in [-0.2, 0) is 12.7 Å². The van der Waals surface area contributed by atoms with Crippen LogP contribution in [-0.4, -0.2) is 27.8 Å². The van der Waals surface area contributed by atoms with Gasteiger partial charge in [0.25, 0.3) is 5.91 Å². The number of aromatic nitrogens is 3. The van der Waals surface area contributed by atoms with Crippen molar-refractivity contribution >= 4 is 22.5 Å². The maximum absolute atomic E-state index is 13.4. The number of amides is 1. The molecule has 2 aromatic heterocycles. The number of hydrogen-bond donors (Lipinski definition) is 1. The van der Waals surface area contributed by atoms with Crippen LogP contribution in [0.1, 0.15) is 32.9 Å². The van der Waals surface area contributed by atoms with Gasteiger partial charge in [0, 0.05) is 11.5 Å². The van der Waals surface area contributed by atoms with Gasteiger partial charge in [-0.1, -0.05) is 36.4 Å². The van der Waals surface area contributed by atoms with Crippen LogP contribution < -0.4 is 10.1 Å². The van der Waals surface area contributed by atoms with Crippen LogP contribution in [0.25, 0.3) is 10.9 Å². The lowest BCUT2D eigenvalue weighted by Gasteiger charge is -2.14. The summed E-state index contributed by atoms with van der Waals surface area (Å²) in [5.74, 6) is -0.0971. The summed E-state index contributed by atoms with van der Waals surface area (Å²) in [7, 11) is 1.47. The summed E-state index contributed by atoms with van der Waals surface area (Å²) in [4.78, 5) is 17.5. The topological polar surface area (TPSA) is 69.0 Å². The Labute approximate surface area is 188 Å². The van der Waals surface area contributed by atoms with E-state index in [0.717, 1.165) is 6.07 Å². The van der Waals surface area contributed by atoms with E-state index in [1.54, 1.807) is 44.2 Å². The number of methoxy groups -OCH3 is 1. The third-order valence-corrected chi connectivity index (χ3v) is 5.41. The highest BCUT2D eigenvalue weighted by molar-refractivity contribution is 6.13. The first-order chi connectivity index (χ1) is 15.7. The first kappa shape index (κ1) is 22.3. The first-order valence-corrected chi connectivity index (χ1v) is 10.1. The molecule has 6 nitrogen and oxygen atoms in total. The number of aryl methyl sites for hydroxylation is 1. The number of hydrogen-bond acceptors (Lipinski definition) is 4. The van der Waals surface area contributed by atoms with Gasteiger partial charge in [-0.3, -0.25) is 9.48 Å². The Morgan fingerprint density at radius 1 is 1.09 bits per heavy atom. The normalized spacial score (nSPS) is 11.6. The number of nitrogens with one attached hydrogen (secondary N) is 1. The fourth-order valence-electron chi connectivity index (χ4n) is 3.75. The molecule has 0 atom stereocenters. The van der Waals surface area contributed by atoms with Crippen LogP contribution in [0.5, 0.6) is 5.88 Å². The van der Waals surface area contributed by atoms with Gasteiger partial charge in [-0.05, 0) is 31.5 Å². The van der Waals surface area contributed by atoms with Gasteiger partial charge in [0.15, 0.2) is 0 Å². The summed E-state index contributed by atoms with van der Waals surface area (Å²) in [5.41, 5.74) is 1.85. The molecule has 1 amide bonds. The Hall–Kier alpha value is -3.88. The van der Waals surface area contributed by atoms with Gasteiger partial charge in [-0.25, -0.2) is 4.98 Å². The van der Waals surface area contributed by atoms with Crippen LogP contribution in [0.3, 0.4) is 0 Å². The molecule has 0 radical (unpaired) electrons. The number of ether oxygens (including phenoxy) is 1. The summed E-state index contributed by atoms with van der Waals surface area (Å²) in [6.45, 7) is 3.32. The fourth-order valence-corrected chi connectivity index (χ4v) is 3.75. The van der Waals surface area contributed by atoms with Crippen LogP contribution in [0.2, 0.25) is 0 Å². The number of alkyl halides is 3. The molecule has 0 aliphatic rings. The molecule has 0 aliphatic carbocycles. The van der Waals surface area contributed by atoms with Crippen molar-refractivity contribution in [1.82, 2.24) is 14.8 Å². The van der Waals surface area contributed by atoms with Gasteiger partial charge in [-0.2, -0.15) is 18.3 Å². The molecule has 1 N–H and O–H groups in total. The van der Waals surface area contributed by atoms with Crippen molar-refractivity contribution in [3.63, 3.8) is 0 Å². The maximum atomic E-state index is 13.4. The van der Waals surface area contributed by atoms with Gasteiger partial charge < -0.3 is 10.1 Å². The molecule has 0 saturated carbocycles. The first-order valence-electron chi connectivity index (χ1n) is 10.1. The molecule has 0 spiro atoms.